The molecule has 0 amide bonds. The zero-order valence-electron chi connectivity index (χ0n) is 10.6. The van der Waals surface area contributed by atoms with Gasteiger partial charge < -0.3 is 0 Å². The van der Waals surface area contributed by atoms with E-state index >= 15 is 0 Å². The van der Waals surface area contributed by atoms with Crippen molar-refractivity contribution in [1.29, 1.82) is 0 Å². The Kier molecular flexibility index (Phi) is 3.04. The number of nitrogens with one attached hydrogen (secondary N) is 1. The second-order valence-corrected chi connectivity index (χ2v) is 5.63. The first-order chi connectivity index (χ1) is 7.46. The van der Waals surface area contributed by atoms with Crippen molar-refractivity contribution >= 4 is 0 Å². The number of hydrogen-bond acceptors (Lipinski definition) is 2. The maximum Gasteiger partial charge on any atom is 0.0813 e. The number of rotatable bonds is 2. The summed E-state index contributed by atoms with van der Waals surface area (Å²) in [4.78, 5) is 5.66. The predicted octanol–water partition coefficient (Wildman–Crippen LogP) is 3.30. The molecule has 0 saturated heterocycles. The smallest absolute Gasteiger partial charge is 0.0813 e. The summed E-state index contributed by atoms with van der Waals surface area (Å²) in [5, 5.41) is 0. The van der Waals surface area contributed by atoms with Crippen molar-refractivity contribution in [2.45, 2.75) is 52.2 Å². The fourth-order valence-corrected chi connectivity index (χ4v) is 2.09. The van der Waals surface area contributed by atoms with Crippen molar-refractivity contribution < 1.29 is 4.84 Å². The Morgan fingerprint density at radius 1 is 1.31 bits per heavy atom. The van der Waals surface area contributed by atoms with E-state index in [9.17, 15) is 0 Å². The molecule has 0 saturated carbocycles. The summed E-state index contributed by atoms with van der Waals surface area (Å²) in [5.41, 5.74) is 7.26. The molecule has 2 rings (SSSR count). The van der Waals surface area contributed by atoms with E-state index in [1.165, 1.54) is 16.7 Å². The average Bonchev–Trinajstić information content (AvgIpc) is 2.56. The van der Waals surface area contributed by atoms with Crippen molar-refractivity contribution in [2.75, 3.05) is 0 Å². The maximum absolute atomic E-state index is 5.66. The normalized spacial score (nSPS) is 19.9. The van der Waals surface area contributed by atoms with E-state index in [0.717, 1.165) is 12.8 Å². The topological polar surface area (TPSA) is 21.3 Å². The summed E-state index contributed by atoms with van der Waals surface area (Å²) >= 11 is 0. The zero-order chi connectivity index (χ0) is 11.8. The van der Waals surface area contributed by atoms with Gasteiger partial charge in [0.25, 0.3) is 0 Å². The molecule has 0 fully saturated rings. The SMILES string of the molecule is Cc1ccc2c(c1)C(NOC(C)(C)C)CC2. The summed E-state index contributed by atoms with van der Waals surface area (Å²) in [5.74, 6) is 0. The first kappa shape index (κ1) is 11.6. The first-order valence-electron chi connectivity index (χ1n) is 5.99. The molecule has 1 aromatic carbocycles. The quantitative estimate of drug-likeness (QED) is 0.771. The van der Waals surface area contributed by atoms with E-state index in [1.54, 1.807) is 0 Å². The van der Waals surface area contributed by atoms with Gasteiger partial charge in [-0.2, -0.15) is 5.48 Å². The van der Waals surface area contributed by atoms with Crippen molar-refractivity contribution in [1.82, 2.24) is 5.48 Å². The second-order valence-electron chi connectivity index (χ2n) is 5.63. The molecule has 2 nitrogen and oxygen atoms in total. The third kappa shape index (κ3) is 2.63. The van der Waals surface area contributed by atoms with Crippen LogP contribution in [0.5, 0.6) is 0 Å². The van der Waals surface area contributed by atoms with Crippen molar-refractivity contribution in [3.63, 3.8) is 0 Å². The second kappa shape index (κ2) is 4.19. The minimum atomic E-state index is -0.132. The largest absolute Gasteiger partial charge is 0.296 e. The molecule has 1 atom stereocenters. The molecule has 0 heterocycles. The van der Waals surface area contributed by atoms with Crippen molar-refractivity contribution in [3.05, 3.63) is 34.9 Å². The lowest BCUT2D eigenvalue weighted by Crippen LogP contribution is -2.31. The van der Waals surface area contributed by atoms with Crippen LogP contribution in [-0.2, 0) is 11.3 Å². The monoisotopic (exact) mass is 219 g/mol. The van der Waals surface area contributed by atoms with Gasteiger partial charge in [0, 0.05) is 0 Å². The van der Waals surface area contributed by atoms with Gasteiger partial charge in [0.2, 0.25) is 0 Å². The molecular weight excluding hydrogens is 198 g/mol. The van der Waals surface area contributed by atoms with Gasteiger partial charge >= 0.3 is 0 Å². The highest BCUT2D eigenvalue weighted by atomic mass is 16.7. The van der Waals surface area contributed by atoms with Crippen LogP contribution in [0.4, 0.5) is 0 Å². The molecule has 2 heteroatoms. The van der Waals surface area contributed by atoms with Crippen LogP contribution in [0.2, 0.25) is 0 Å². The molecule has 0 aromatic heterocycles. The molecule has 1 unspecified atom stereocenters. The van der Waals surface area contributed by atoms with Gasteiger partial charge in [0.05, 0.1) is 11.6 Å². The van der Waals surface area contributed by atoms with Crippen LogP contribution < -0.4 is 5.48 Å². The van der Waals surface area contributed by atoms with Gasteiger partial charge in [0.1, 0.15) is 0 Å². The fraction of sp³-hybridized carbons (Fsp3) is 0.571. The molecule has 0 aliphatic heterocycles. The lowest BCUT2D eigenvalue weighted by Gasteiger charge is -2.23. The molecule has 1 aliphatic rings. The molecule has 0 radical (unpaired) electrons. The Labute approximate surface area is 98.0 Å². The number of fused-ring (bicyclic) bond motifs is 1. The molecule has 16 heavy (non-hydrogen) atoms. The van der Waals surface area contributed by atoms with E-state index in [0.29, 0.717) is 6.04 Å². The standard InChI is InChI=1S/C14H21NO/c1-10-5-6-11-7-8-13(12(11)9-10)15-16-14(2,3)4/h5-6,9,13,15H,7-8H2,1-4H3. The van der Waals surface area contributed by atoms with Crippen LogP contribution in [0.15, 0.2) is 18.2 Å². The zero-order valence-corrected chi connectivity index (χ0v) is 10.6. The Morgan fingerprint density at radius 2 is 2.06 bits per heavy atom. The van der Waals surface area contributed by atoms with E-state index in [-0.39, 0.29) is 5.60 Å². The highest BCUT2D eigenvalue weighted by molar-refractivity contribution is 5.37. The van der Waals surface area contributed by atoms with E-state index in [2.05, 4.69) is 51.4 Å². The Hall–Kier alpha value is -0.860. The van der Waals surface area contributed by atoms with Gasteiger partial charge in [-0.1, -0.05) is 23.8 Å². The van der Waals surface area contributed by atoms with Gasteiger partial charge in [0.15, 0.2) is 0 Å². The minimum Gasteiger partial charge on any atom is -0.296 e. The van der Waals surface area contributed by atoms with Crippen molar-refractivity contribution in [2.24, 2.45) is 0 Å². The lowest BCUT2D eigenvalue weighted by atomic mass is 10.1. The number of aryl methyl sites for hydroxylation is 2. The molecule has 1 N–H and O–H groups in total. The molecule has 0 bridgehead atoms. The van der Waals surface area contributed by atoms with Crippen LogP contribution >= 0.6 is 0 Å². The summed E-state index contributed by atoms with van der Waals surface area (Å²) in [6.45, 7) is 8.32. The van der Waals surface area contributed by atoms with Crippen LogP contribution in [0.25, 0.3) is 0 Å². The number of hydrogen-bond donors (Lipinski definition) is 1. The number of hydroxylamine groups is 1. The van der Waals surface area contributed by atoms with E-state index in [4.69, 9.17) is 4.84 Å². The summed E-state index contributed by atoms with van der Waals surface area (Å²) in [6, 6.07) is 7.05. The Balaban J connectivity index is 2.08. The first-order valence-corrected chi connectivity index (χ1v) is 5.99. The Bertz CT molecular complexity index is 379. The predicted molar refractivity (Wildman–Crippen MR) is 66.2 cm³/mol. The molecule has 0 spiro atoms. The summed E-state index contributed by atoms with van der Waals surface area (Å²) in [7, 11) is 0. The summed E-state index contributed by atoms with van der Waals surface area (Å²) in [6.07, 6.45) is 2.29. The van der Waals surface area contributed by atoms with E-state index in [1.807, 2.05) is 0 Å². The summed E-state index contributed by atoms with van der Waals surface area (Å²) < 4.78 is 0. The van der Waals surface area contributed by atoms with Crippen LogP contribution in [0, 0.1) is 6.92 Å². The van der Waals surface area contributed by atoms with Gasteiger partial charge in [-0.25, -0.2) is 0 Å². The third-order valence-electron chi connectivity index (χ3n) is 2.89. The van der Waals surface area contributed by atoms with Crippen LogP contribution in [-0.4, -0.2) is 5.60 Å². The van der Waals surface area contributed by atoms with Crippen LogP contribution in [0.1, 0.15) is 49.9 Å². The van der Waals surface area contributed by atoms with Gasteiger partial charge in [-0.3, -0.25) is 4.84 Å². The molecular formula is C14H21NO. The maximum atomic E-state index is 5.66. The average molecular weight is 219 g/mol. The molecule has 88 valence electrons. The van der Waals surface area contributed by atoms with E-state index < -0.39 is 0 Å². The molecule has 1 aliphatic carbocycles. The Morgan fingerprint density at radius 3 is 2.75 bits per heavy atom. The van der Waals surface area contributed by atoms with Gasteiger partial charge in [-0.15, -0.1) is 0 Å². The highest BCUT2D eigenvalue weighted by Crippen LogP contribution is 2.32. The van der Waals surface area contributed by atoms with Gasteiger partial charge in [-0.05, 0) is 51.7 Å². The number of benzene rings is 1. The fourth-order valence-electron chi connectivity index (χ4n) is 2.09. The minimum absolute atomic E-state index is 0.132. The molecule has 1 aromatic rings. The third-order valence-corrected chi connectivity index (χ3v) is 2.89. The lowest BCUT2D eigenvalue weighted by molar-refractivity contribution is -0.0888. The highest BCUT2D eigenvalue weighted by Gasteiger charge is 2.24. The van der Waals surface area contributed by atoms with Crippen molar-refractivity contribution in [3.8, 4) is 0 Å². The van der Waals surface area contributed by atoms with Crippen LogP contribution in [0.3, 0.4) is 0 Å².